The topological polar surface area (TPSA) is 46.5 Å². The molecule has 1 aromatic heterocycles. The summed E-state index contributed by atoms with van der Waals surface area (Å²) < 4.78 is 7.62. The Balaban J connectivity index is 1.65. The SMILES string of the molecule is Cn1cccc1C(CNC(=O)C1CCCC1)N1CCOCC1. The molecule has 1 amide bonds. The van der Waals surface area contributed by atoms with Gasteiger partial charge in [0.25, 0.3) is 0 Å². The van der Waals surface area contributed by atoms with E-state index in [1.807, 2.05) is 0 Å². The van der Waals surface area contributed by atoms with E-state index in [4.69, 9.17) is 4.74 Å². The van der Waals surface area contributed by atoms with Gasteiger partial charge in [-0.2, -0.15) is 0 Å². The van der Waals surface area contributed by atoms with Crippen molar-refractivity contribution in [2.24, 2.45) is 13.0 Å². The van der Waals surface area contributed by atoms with Gasteiger partial charge in [-0.15, -0.1) is 0 Å². The minimum atomic E-state index is 0.231. The summed E-state index contributed by atoms with van der Waals surface area (Å²) in [6.45, 7) is 4.09. The molecule has 1 aliphatic heterocycles. The van der Waals surface area contributed by atoms with Gasteiger partial charge in [-0.3, -0.25) is 9.69 Å². The Bertz CT molecular complexity index is 488. The third-order valence-corrected chi connectivity index (χ3v) is 5.01. The number of hydrogen-bond donors (Lipinski definition) is 1. The van der Waals surface area contributed by atoms with Crippen LogP contribution in [0, 0.1) is 5.92 Å². The van der Waals surface area contributed by atoms with Crippen LogP contribution in [0.5, 0.6) is 0 Å². The largest absolute Gasteiger partial charge is 0.379 e. The zero-order valence-electron chi connectivity index (χ0n) is 13.5. The minimum Gasteiger partial charge on any atom is -0.379 e. The van der Waals surface area contributed by atoms with E-state index >= 15 is 0 Å². The molecule has 1 aliphatic carbocycles. The second kappa shape index (κ2) is 7.29. The predicted octanol–water partition coefficient (Wildman–Crippen LogP) is 1.70. The molecule has 3 rings (SSSR count). The lowest BCUT2D eigenvalue weighted by molar-refractivity contribution is -0.125. The van der Waals surface area contributed by atoms with Crippen LogP contribution in [-0.4, -0.2) is 48.2 Å². The summed E-state index contributed by atoms with van der Waals surface area (Å²) in [7, 11) is 2.07. The molecule has 1 saturated heterocycles. The summed E-state index contributed by atoms with van der Waals surface area (Å²) in [6, 6.07) is 4.46. The number of carbonyl (C=O) groups is 1. The van der Waals surface area contributed by atoms with Gasteiger partial charge in [0, 0.05) is 44.5 Å². The van der Waals surface area contributed by atoms with Crippen LogP contribution < -0.4 is 5.32 Å². The van der Waals surface area contributed by atoms with Crippen molar-refractivity contribution in [3.8, 4) is 0 Å². The normalized spacial score (nSPS) is 21.9. The van der Waals surface area contributed by atoms with Crippen LogP contribution in [-0.2, 0) is 16.6 Å². The first-order valence-corrected chi connectivity index (χ1v) is 8.46. The van der Waals surface area contributed by atoms with Crippen molar-refractivity contribution in [2.75, 3.05) is 32.8 Å². The number of nitrogens with zero attached hydrogens (tertiary/aromatic N) is 2. The van der Waals surface area contributed by atoms with Gasteiger partial charge >= 0.3 is 0 Å². The van der Waals surface area contributed by atoms with E-state index in [2.05, 4.69) is 40.2 Å². The number of aromatic nitrogens is 1. The lowest BCUT2D eigenvalue weighted by atomic mass is 10.1. The van der Waals surface area contributed by atoms with E-state index in [9.17, 15) is 4.79 Å². The van der Waals surface area contributed by atoms with Gasteiger partial charge < -0.3 is 14.6 Å². The molecule has 0 aromatic carbocycles. The number of rotatable bonds is 5. The molecule has 1 unspecified atom stereocenters. The molecule has 2 fully saturated rings. The number of ether oxygens (including phenoxy) is 1. The van der Waals surface area contributed by atoms with E-state index in [0.29, 0.717) is 6.54 Å². The summed E-state index contributed by atoms with van der Waals surface area (Å²) in [5.74, 6) is 0.476. The lowest BCUT2D eigenvalue weighted by Gasteiger charge is -2.35. The van der Waals surface area contributed by atoms with Gasteiger partial charge in [-0.25, -0.2) is 0 Å². The van der Waals surface area contributed by atoms with E-state index < -0.39 is 0 Å². The number of amides is 1. The van der Waals surface area contributed by atoms with Crippen molar-refractivity contribution in [1.82, 2.24) is 14.8 Å². The molecule has 1 atom stereocenters. The van der Waals surface area contributed by atoms with Crippen molar-refractivity contribution in [2.45, 2.75) is 31.7 Å². The summed E-state index contributed by atoms with van der Waals surface area (Å²) in [5.41, 5.74) is 1.26. The van der Waals surface area contributed by atoms with Crippen molar-refractivity contribution < 1.29 is 9.53 Å². The van der Waals surface area contributed by atoms with Gasteiger partial charge in [0.15, 0.2) is 0 Å². The number of nitrogens with one attached hydrogen (secondary N) is 1. The predicted molar refractivity (Wildman–Crippen MR) is 85.5 cm³/mol. The van der Waals surface area contributed by atoms with Gasteiger partial charge in [0.05, 0.1) is 19.3 Å². The molecule has 0 spiro atoms. The van der Waals surface area contributed by atoms with Crippen molar-refractivity contribution >= 4 is 5.91 Å². The highest BCUT2D eigenvalue weighted by Crippen LogP contribution is 2.26. The zero-order chi connectivity index (χ0) is 15.4. The molecule has 22 heavy (non-hydrogen) atoms. The van der Waals surface area contributed by atoms with E-state index in [1.54, 1.807) is 0 Å². The van der Waals surface area contributed by atoms with Gasteiger partial charge in [0.2, 0.25) is 5.91 Å². The summed E-state index contributed by atoms with van der Waals surface area (Å²) in [6.07, 6.45) is 6.57. The Hall–Kier alpha value is -1.33. The molecule has 1 N–H and O–H groups in total. The Morgan fingerprint density at radius 1 is 1.36 bits per heavy atom. The number of carbonyl (C=O) groups excluding carboxylic acids is 1. The monoisotopic (exact) mass is 305 g/mol. The van der Waals surface area contributed by atoms with Crippen molar-refractivity contribution in [3.05, 3.63) is 24.0 Å². The maximum atomic E-state index is 12.3. The Labute approximate surface area is 132 Å². The van der Waals surface area contributed by atoms with Crippen LogP contribution >= 0.6 is 0 Å². The lowest BCUT2D eigenvalue weighted by Crippen LogP contribution is -2.45. The highest BCUT2D eigenvalue weighted by Gasteiger charge is 2.27. The summed E-state index contributed by atoms with van der Waals surface area (Å²) >= 11 is 0. The Kier molecular flexibility index (Phi) is 5.16. The van der Waals surface area contributed by atoms with Crippen LogP contribution in [0.4, 0.5) is 0 Å². The molecule has 2 heterocycles. The Morgan fingerprint density at radius 2 is 2.09 bits per heavy atom. The fraction of sp³-hybridized carbons (Fsp3) is 0.706. The molecule has 5 heteroatoms. The first kappa shape index (κ1) is 15.6. The van der Waals surface area contributed by atoms with Crippen LogP contribution in [0.25, 0.3) is 0 Å². The number of morpholine rings is 1. The van der Waals surface area contributed by atoms with Crippen molar-refractivity contribution in [3.63, 3.8) is 0 Å². The van der Waals surface area contributed by atoms with Gasteiger partial charge in [-0.05, 0) is 25.0 Å². The highest BCUT2D eigenvalue weighted by molar-refractivity contribution is 5.78. The third kappa shape index (κ3) is 3.52. The fourth-order valence-electron chi connectivity index (χ4n) is 3.66. The average molecular weight is 305 g/mol. The molecule has 0 bridgehead atoms. The second-order valence-corrected chi connectivity index (χ2v) is 6.43. The van der Waals surface area contributed by atoms with Crippen LogP contribution in [0.1, 0.15) is 37.4 Å². The van der Waals surface area contributed by atoms with Gasteiger partial charge in [0.1, 0.15) is 0 Å². The molecule has 122 valence electrons. The third-order valence-electron chi connectivity index (χ3n) is 5.01. The van der Waals surface area contributed by atoms with E-state index in [0.717, 1.165) is 39.1 Å². The van der Waals surface area contributed by atoms with E-state index in [-0.39, 0.29) is 17.9 Å². The Morgan fingerprint density at radius 3 is 2.73 bits per heavy atom. The van der Waals surface area contributed by atoms with Crippen LogP contribution in [0.3, 0.4) is 0 Å². The van der Waals surface area contributed by atoms with Gasteiger partial charge in [-0.1, -0.05) is 12.8 Å². The zero-order valence-corrected chi connectivity index (χ0v) is 13.5. The molecular formula is C17H27N3O2. The summed E-state index contributed by atoms with van der Waals surface area (Å²) in [5, 5.41) is 3.20. The minimum absolute atomic E-state index is 0.231. The smallest absolute Gasteiger partial charge is 0.223 e. The maximum absolute atomic E-state index is 12.3. The first-order chi connectivity index (χ1) is 10.8. The summed E-state index contributed by atoms with van der Waals surface area (Å²) in [4.78, 5) is 14.8. The second-order valence-electron chi connectivity index (χ2n) is 6.43. The number of hydrogen-bond acceptors (Lipinski definition) is 3. The molecule has 2 aliphatic rings. The average Bonchev–Trinajstić information content (AvgIpc) is 3.21. The molecule has 1 saturated carbocycles. The quantitative estimate of drug-likeness (QED) is 0.901. The van der Waals surface area contributed by atoms with Crippen LogP contribution in [0.2, 0.25) is 0 Å². The fourth-order valence-corrected chi connectivity index (χ4v) is 3.66. The number of aryl methyl sites for hydroxylation is 1. The van der Waals surface area contributed by atoms with Crippen LogP contribution in [0.15, 0.2) is 18.3 Å². The highest BCUT2D eigenvalue weighted by atomic mass is 16.5. The van der Waals surface area contributed by atoms with Crippen molar-refractivity contribution in [1.29, 1.82) is 0 Å². The maximum Gasteiger partial charge on any atom is 0.223 e. The first-order valence-electron chi connectivity index (χ1n) is 8.46. The molecule has 0 radical (unpaired) electrons. The molecule has 5 nitrogen and oxygen atoms in total. The van der Waals surface area contributed by atoms with E-state index in [1.165, 1.54) is 18.5 Å². The standard InChI is InChI=1S/C17H27N3O2/c1-19-8-4-7-15(19)16(20-9-11-22-12-10-20)13-18-17(21)14-5-2-3-6-14/h4,7-8,14,16H,2-3,5-6,9-13H2,1H3,(H,18,21). The molecule has 1 aromatic rings. The molecular weight excluding hydrogens is 278 g/mol.